The number of rotatable bonds is 5. The van der Waals surface area contributed by atoms with Crippen molar-refractivity contribution in [2.45, 2.75) is 43.2 Å². The molecule has 31 heavy (non-hydrogen) atoms. The summed E-state index contributed by atoms with van der Waals surface area (Å²) in [6, 6.07) is 11.2. The Bertz CT molecular complexity index is 1010. The third-order valence-corrected chi connectivity index (χ3v) is 7.57. The Hall–Kier alpha value is -1.63. The Balaban J connectivity index is 1.55. The first kappa shape index (κ1) is 22.6. The summed E-state index contributed by atoms with van der Waals surface area (Å²) in [6.45, 7) is 1.90. The third kappa shape index (κ3) is 4.62. The van der Waals surface area contributed by atoms with Gasteiger partial charge in [0, 0.05) is 22.4 Å². The number of halogens is 5. The Labute approximate surface area is 193 Å². The van der Waals surface area contributed by atoms with E-state index < -0.39 is 10.9 Å². The zero-order valence-corrected chi connectivity index (χ0v) is 18.9. The monoisotopic (exact) mass is 485 g/mol. The van der Waals surface area contributed by atoms with E-state index in [1.807, 2.05) is 19.1 Å². The Morgan fingerprint density at radius 1 is 1.13 bits per heavy atom. The van der Waals surface area contributed by atoms with E-state index in [4.69, 9.17) is 23.2 Å². The number of hydrogen-bond acceptors (Lipinski definition) is 2. The first-order valence-corrected chi connectivity index (χ1v) is 11.5. The van der Waals surface area contributed by atoms with Gasteiger partial charge in [-0.1, -0.05) is 47.5 Å². The van der Waals surface area contributed by atoms with Crippen LogP contribution in [0.4, 0.5) is 13.2 Å². The van der Waals surface area contributed by atoms with Crippen LogP contribution in [0.1, 0.15) is 48.9 Å². The molecule has 1 N–H and O–H groups in total. The first-order valence-electron chi connectivity index (χ1n) is 9.90. The second-order valence-electron chi connectivity index (χ2n) is 8.05. The van der Waals surface area contributed by atoms with Gasteiger partial charge in [0.1, 0.15) is 4.75 Å². The van der Waals surface area contributed by atoms with E-state index >= 15 is 0 Å². The highest BCUT2D eigenvalue weighted by Crippen LogP contribution is 2.60. The molecule has 1 fully saturated rings. The van der Waals surface area contributed by atoms with Gasteiger partial charge in [-0.25, -0.2) is 0 Å². The summed E-state index contributed by atoms with van der Waals surface area (Å²) >= 11 is 12.7. The van der Waals surface area contributed by atoms with Crippen molar-refractivity contribution in [1.29, 1.82) is 0 Å². The molecular weight excluding hydrogens is 466 g/mol. The summed E-state index contributed by atoms with van der Waals surface area (Å²) in [6.07, 6.45) is -2.85. The number of carbonyl (C=O) groups excluding carboxylic acids is 1. The van der Waals surface area contributed by atoms with Gasteiger partial charge in [-0.15, -0.1) is 11.8 Å². The van der Waals surface area contributed by atoms with Crippen molar-refractivity contribution in [2.24, 2.45) is 5.92 Å². The van der Waals surface area contributed by atoms with Crippen molar-refractivity contribution in [3.05, 3.63) is 74.6 Å². The molecular formula is C23H20Cl2F3NOS. The molecule has 2 aromatic rings. The summed E-state index contributed by atoms with van der Waals surface area (Å²) in [5.41, 5.74) is 2.27. The van der Waals surface area contributed by atoms with Crippen molar-refractivity contribution in [3.8, 4) is 0 Å². The summed E-state index contributed by atoms with van der Waals surface area (Å²) in [5, 5.41) is 4.89. The van der Waals surface area contributed by atoms with E-state index in [1.165, 1.54) is 18.2 Å². The lowest BCUT2D eigenvalue weighted by Crippen LogP contribution is -2.37. The predicted octanol–water partition coefficient (Wildman–Crippen LogP) is 7.52. The molecule has 1 aliphatic carbocycles. The lowest BCUT2D eigenvalue weighted by molar-refractivity contribution is -0.160. The van der Waals surface area contributed by atoms with Gasteiger partial charge in [-0.05, 0) is 65.6 Å². The fraction of sp³-hybridized carbons (Fsp3) is 0.348. The molecule has 0 aromatic heterocycles. The highest BCUT2D eigenvalue weighted by atomic mass is 35.5. The molecule has 1 aliphatic heterocycles. The molecule has 2 atom stereocenters. The van der Waals surface area contributed by atoms with E-state index in [0.717, 1.165) is 35.7 Å². The van der Waals surface area contributed by atoms with Crippen LogP contribution in [0.15, 0.2) is 47.9 Å². The SMILES string of the molecule is C[C@H](NC(=O)C1CC1)c1ccc(C2=CSC(c3cc(Cl)cc(Cl)c3)(C(F)(F)F)C2)cc1. The van der Waals surface area contributed by atoms with E-state index in [0.29, 0.717) is 5.57 Å². The van der Waals surface area contributed by atoms with Crippen LogP contribution in [0.2, 0.25) is 10.0 Å². The van der Waals surface area contributed by atoms with Crippen LogP contribution in [0.5, 0.6) is 0 Å². The van der Waals surface area contributed by atoms with Gasteiger partial charge in [0.05, 0.1) is 6.04 Å². The van der Waals surface area contributed by atoms with E-state index in [1.54, 1.807) is 17.5 Å². The van der Waals surface area contributed by atoms with Crippen LogP contribution in [-0.2, 0) is 9.54 Å². The van der Waals surface area contributed by atoms with Crippen LogP contribution in [0.25, 0.3) is 5.57 Å². The van der Waals surface area contributed by atoms with E-state index in [9.17, 15) is 18.0 Å². The molecule has 2 aromatic carbocycles. The molecule has 0 radical (unpaired) electrons. The minimum atomic E-state index is -4.49. The van der Waals surface area contributed by atoms with Crippen molar-refractivity contribution in [1.82, 2.24) is 5.32 Å². The van der Waals surface area contributed by atoms with Crippen LogP contribution in [0.3, 0.4) is 0 Å². The van der Waals surface area contributed by atoms with Gasteiger partial charge in [0.2, 0.25) is 5.91 Å². The van der Waals surface area contributed by atoms with Gasteiger partial charge in [-0.3, -0.25) is 4.79 Å². The smallest absolute Gasteiger partial charge is 0.349 e. The normalized spacial score (nSPS) is 22.2. The average molecular weight is 486 g/mol. The lowest BCUT2D eigenvalue weighted by atomic mass is 9.88. The lowest BCUT2D eigenvalue weighted by Gasteiger charge is -2.32. The topological polar surface area (TPSA) is 29.1 Å². The molecule has 1 heterocycles. The Morgan fingerprint density at radius 2 is 1.74 bits per heavy atom. The maximum absolute atomic E-state index is 14.2. The summed E-state index contributed by atoms with van der Waals surface area (Å²) in [7, 11) is 0. The molecule has 164 valence electrons. The first-order chi connectivity index (χ1) is 14.6. The largest absolute Gasteiger partial charge is 0.407 e. The van der Waals surface area contributed by atoms with Crippen LogP contribution in [-0.4, -0.2) is 12.1 Å². The van der Waals surface area contributed by atoms with Crippen LogP contribution >= 0.6 is 35.0 Å². The van der Waals surface area contributed by atoms with Crippen molar-refractivity contribution in [2.75, 3.05) is 0 Å². The molecule has 0 saturated heterocycles. The number of hydrogen-bond donors (Lipinski definition) is 1. The molecule has 2 aliphatic rings. The summed E-state index contributed by atoms with van der Waals surface area (Å²) in [5.74, 6) is 0.180. The number of amides is 1. The highest BCUT2D eigenvalue weighted by Gasteiger charge is 2.58. The average Bonchev–Trinajstić information content (AvgIpc) is 3.44. The van der Waals surface area contributed by atoms with E-state index in [2.05, 4.69) is 5.32 Å². The molecule has 2 nitrogen and oxygen atoms in total. The standard InChI is InChI=1S/C23H20Cl2F3NOS/c1-13(29-21(30)16-6-7-16)14-2-4-15(5-3-14)17-11-22(31-12-17,23(26,27)28)18-8-19(24)10-20(25)9-18/h2-5,8-10,12-13,16H,6-7,11H2,1H3,(H,29,30)/t13-,22?/m0/s1. The fourth-order valence-electron chi connectivity index (χ4n) is 3.73. The van der Waals surface area contributed by atoms with Crippen molar-refractivity contribution < 1.29 is 18.0 Å². The van der Waals surface area contributed by atoms with Crippen LogP contribution < -0.4 is 5.32 Å². The van der Waals surface area contributed by atoms with Gasteiger partial charge in [-0.2, -0.15) is 13.2 Å². The molecule has 8 heteroatoms. The number of allylic oxidation sites excluding steroid dienone is 1. The maximum Gasteiger partial charge on any atom is 0.407 e. The minimum Gasteiger partial charge on any atom is -0.349 e. The van der Waals surface area contributed by atoms with Gasteiger partial charge in [0.25, 0.3) is 0 Å². The van der Waals surface area contributed by atoms with E-state index in [-0.39, 0.29) is 39.9 Å². The number of benzene rings is 2. The minimum absolute atomic E-state index is 0.0433. The Kier molecular flexibility index (Phi) is 6.10. The molecule has 1 saturated carbocycles. The van der Waals surface area contributed by atoms with Crippen LogP contribution in [0, 0.1) is 5.92 Å². The fourth-order valence-corrected chi connectivity index (χ4v) is 5.44. The zero-order valence-electron chi connectivity index (χ0n) is 16.6. The molecule has 4 rings (SSSR count). The number of nitrogens with one attached hydrogen (secondary N) is 1. The molecule has 1 unspecified atom stereocenters. The number of thioether (sulfide) groups is 1. The molecule has 0 spiro atoms. The highest BCUT2D eigenvalue weighted by molar-refractivity contribution is 8.03. The van der Waals surface area contributed by atoms with Crippen molar-refractivity contribution >= 4 is 46.4 Å². The number of carbonyl (C=O) groups is 1. The second-order valence-corrected chi connectivity index (χ2v) is 10.1. The molecule has 1 amide bonds. The van der Waals surface area contributed by atoms with Gasteiger partial charge >= 0.3 is 6.18 Å². The van der Waals surface area contributed by atoms with Gasteiger partial charge < -0.3 is 5.32 Å². The van der Waals surface area contributed by atoms with Gasteiger partial charge in [0.15, 0.2) is 0 Å². The summed E-state index contributed by atoms with van der Waals surface area (Å²) in [4.78, 5) is 12.0. The zero-order chi connectivity index (χ0) is 22.4. The predicted molar refractivity (Wildman–Crippen MR) is 120 cm³/mol. The maximum atomic E-state index is 14.2. The number of alkyl halides is 3. The third-order valence-electron chi connectivity index (χ3n) is 5.72. The summed E-state index contributed by atoms with van der Waals surface area (Å²) < 4.78 is 40.6. The van der Waals surface area contributed by atoms with Crippen molar-refractivity contribution in [3.63, 3.8) is 0 Å². The second kappa shape index (κ2) is 8.38. The quantitative estimate of drug-likeness (QED) is 0.474. The molecule has 0 bridgehead atoms. The Morgan fingerprint density at radius 3 is 2.29 bits per heavy atom.